The Morgan fingerprint density at radius 2 is 1.40 bits per heavy atom. The maximum absolute atomic E-state index is 13.0. The van der Waals surface area contributed by atoms with Gasteiger partial charge in [-0.25, -0.2) is 0 Å². The standard InChI is InChI=1S/C23H23NO/c1-17-13-15-18(16-14-17)20-11-7-8-12-21(20)22(25)24-23(2,3)19-9-5-4-6-10-19/h4-16H,1-3H3,(H,24,25). The molecular weight excluding hydrogens is 306 g/mol. The molecule has 0 aromatic heterocycles. The molecule has 1 amide bonds. The van der Waals surface area contributed by atoms with Crippen molar-refractivity contribution in [1.29, 1.82) is 0 Å². The second-order valence-electron chi connectivity index (χ2n) is 6.86. The van der Waals surface area contributed by atoms with Gasteiger partial charge in [0.2, 0.25) is 0 Å². The molecule has 0 spiro atoms. The van der Waals surface area contributed by atoms with Crippen molar-refractivity contribution in [2.24, 2.45) is 0 Å². The highest BCUT2D eigenvalue weighted by Gasteiger charge is 2.24. The van der Waals surface area contributed by atoms with Crippen LogP contribution < -0.4 is 5.32 Å². The molecule has 0 aliphatic carbocycles. The third-order valence-corrected chi connectivity index (χ3v) is 4.46. The summed E-state index contributed by atoms with van der Waals surface area (Å²) in [4.78, 5) is 13.0. The number of amides is 1. The summed E-state index contributed by atoms with van der Waals surface area (Å²) in [7, 11) is 0. The number of carbonyl (C=O) groups is 1. The highest BCUT2D eigenvalue weighted by atomic mass is 16.1. The third-order valence-electron chi connectivity index (χ3n) is 4.46. The smallest absolute Gasteiger partial charge is 0.252 e. The van der Waals surface area contributed by atoms with Crippen LogP contribution in [0.5, 0.6) is 0 Å². The molecule has 0 atom stereocenters. The van der Waals surface area contributed by atoms with E-state index < -0.39 is 5.54 Å². The molecule has 3 aromatic carbocycles. The summed E-state index contributed by atoms with van der Waals surface area (Å²) in [6, 6.07) is 26.0. The molecule has 0 aliphatic rings. The van der Waals surface area contributed by atoms with Gasteiger partial charge in [-0.1, -0.05) is 78.4 Å². The largest absolute Gasteiger partial charge is 0.343 e. The molecule has 0 saturated heterocycles. The lowest BCUT2D eigenvalue weighted by Gasteiger charge is -2.27. The summed E-state index contributed by atoms with van der Waals surface area (Å²) in [5.74, 6) is -0.0648. The summed E-state index contributed by atoms with van der Waals surface area (Å²) >= 11 is 0. The summed E-state index contributed by atoms with van der Waals surface area (Å²) in [5.41, 5.74) is 4.53. The van der Waals surface area contributed by atoms with Crippen molar-refractivity contribution >= 4 is 5.91 Å². The Kier molecular flexibility index (Phi) is 4.71. The first kappa shape index (κ1) is 17.0. The Hall–Kier alpha value is -2.87. The van der Waals surface area contributed by atoms with E-state index in [4.69, 9.17) is 0 Å². The first-order chi connectivity index (χ1) is 12.0. The van der Waals surface area contributed by atoms with E-state index >= 15 is 0 Å². The second-order valence-corrected chi connectivity index (χ2v) is 6.86. The van der Waals surface area contributed by atoms with E-state index in [-0.39, 0.29) is 5.91 Å². The zero-order valence-corrected chi connectivity index (χ0v) is 14.9. The molecule has 0 aliphatic heterocycles. The minimum Gasteiger partial charge on any atom is -0.343 e. The summed E-state index contributed by atoms with van der Waals surface area (Å²) < 4.78 is 0. The van der Waals surface area contributed by atoms with Crippen LogP contribution in [0.2, 0.25) is 0 Å². The number of nitrogens with one attached hydrogen (secondary N) is 1. The molecule has 2 nitrogen and oxygen atoms in total. The van der Waals surface area contributed by atoms with E-state index in [1.165, 1.54) is 5.56 Å². The van der Waals surface area contributed by atoms with Gasteiger partial charge in [0.1, 0.15) is 0 Å². The number of rotatable bonds is 4. The van der Waals surface area contributed by atoms with Crippen molar-refractivity contribution in [3.63, 3.8) is 0 Å². The summed E-state index contributed by atoms with van der Waals surface area (Å²) in [5, 5.41) is 3.17. The van der Waals surface area contributed by atoms with Crippen LogP contribution >= 0.6 is 0 Å². The zero-order chi connectivity index (χ0) is 17.9. The predicted octanol–water partition coefficient (Wildman–Crippen LogP) is 5.33. The normalized spacial score (nSPS) is 11.2. The van der Waals surface area contributed by atoms with Crippen LogP contribution in [0.15, 0.2) is 78.9 Å². The molecule has 0 bridgehead atoms. The van der Waals surface area contributed by atoms with Crippen molar-refractivity contribution < 1.29 is 4.79 Å². The van der Waals surface area contributed by atoms with Crippen molar-refractivity contribution in [3.8, 4) is 11.1 Å². The Morgan fingerprint density at radius 1 is 0.800 bits per heavy atom. The Balaban J connectivity index is 1.92. The van der Waals surface area contributed by atoms with E-state index in [0.29, 0.717) is 5.56 Å². The zero-order valence-electron chi connectivity index (χ0n) is 14.9. The van der Waals surface area contributed by atoms with Crippen LogP contribution in [0, 0.1) is 6.92 Å². The topological polar surface area (TPSA) is 29.1 Å². The molecule has 0 fully saturated rings. The van der Waals surface area contributed by atoms with Gasteiger partial charge in [0, 0.05) is 5.56 Å². The molecular formula is C23H23NO. The van der Waals surface area contributed by atoms with Gasteiger partial charge in [-0.05, 0) is 43.5 Å². The van der Waals surface area contributed by atoms with Crippen molar-refractivity contribution in [2.75, 3.05) is 0 Å². The third kappa shape index (κ3) is 3.80. The first-order valence-electron chi connectivity index (χ1n) is 8.51. The van der Waals surface area contributed by atoms with Crippen LogP contribution in [0.4, 0.5) is 0 Å². The quantitative estimate of drug-likeness (QED) is 0.689. The van der Waals surface area contributed by atoms with Gasteiger partial charge in [0.25, 0.3) is 5.91 Å². The fourth-order valence-electron chi connectivity index (χ4n) is 2.94. The lowest BCUT2D eigenvalue weighted by Crippen LogP contribution is -2.41. The van der Waals surface area contributed by atoms with Crippen LogP contribution in [-0.4, -0.2) is 5.91 Å². The summed E-state index contributed by atoms with van der Waals surface area (Å²) in [6.07, 6.45) is 0. The molecule has 1 N–H and O–H groups in total. The second kappa shape index (κ2) is 6.94. The SMILES string of the molecule is Cc1ccc(-c2ccccc2C(=O)NC(C)(C)c2ccccc2)cc1. The molecule has 3 aromatic rings. The Bertz CT molecular complexity index is 864. The van der Waals surface area contributed by atoms with Crippen molar-refractivity contribution in [2.45, 2.75) is 26.3 Å². The van der Waals surface area contributed by atoms with Crippen LogP contribution in [-0.2, 0) is 5.54 Å². The number of aryl methyl sites for hydroxylation is 1. The molecule has 3 rings (SSSR count). The van der Waals surface area contributed by atoms with Gasteiger partial charge in [-0.3, -0.25) is 4.79 Å². The van der Waals surface area contributed by atoms with E-state index in [2.05, 4.69) is 36.5 Å². The Morgan fingerprint density at radius 3 is 2.08 bits per heavy atom. The van der Waals surface area contributed by atoms with Crippen LogP contribution in [0.3, 0.4) is 0 Å². The average Bonchev–Trinajstić information content (AvgIpc) is 2.63. The van der Waals surface area contributed by atoms with Crippen molar-refractivity contribution in [1.82, 2.24) is 5.32 Å². The van der Waals surface area contributed by atoms with Gasteiger partial charge in [-0.15, -0.1) is 0 Å². The first-order valence-corrected chi connectivity index (χ1v) is 8.51. The predicted molar refractivity (Wildman–Crippen MR) is 104 cm³/mol. The van der Waals surface area contributed by atoms with E-state index in [0.717, 1.165) is 16.7 Å². The van der Waals surface area contributed by atoms with Gasteiger partial charge in [0.05, 0.1) is 5.54 Å². The lowest BCUT2D eigenvalue weighted by molar-refractivity contribution is 0.0912. The highest BCUT2D eigenvalue weighted by Crippen LogP contribution is 2.26. The maximum Gasteiger partial charge on any atom is 0.252 e. The number of hydrogen-bond acceptors (Lipinski definition) is 1. The molecule has 2 heteroatoms. The minimum absolute atomic E-state index is 0.0648. The van der Waals surface area contributed by atoms with E-state index in [1.54, 1.807) is 0 Å². The maximum atomic E-state index is 13.0. The lowest BCUT2D eigenvalue weighted by atomic mass is 9.92. The fourth-order valence-corrected chi connectivity index (χ4v) is 2.94. The number of hydrogen-bond donors (Lipinski definition) is 1. The molecule has 0 saturated carbocycles. The van der Waals surface area contributed by atoms with Gasteiger partial charge >= 0.3 is 0 Å². The molecule has 0 radical (unpaired) electrons. The fraction of sp³-hybridized carbons (Fsp3) is 0.174. The molecule has 0 heterocycles. The monoisotopic (exact) mass is 329 g/mol. The molecule has 0 unspecified atom stereocenters. The van der Waals surface area contributed by atoms with Crippen LogP contribution in [0.1, 0.15) is 35.3 Å². The van der Waals surface area contributed by atoms with E-state index in [1.807, 2.05) is 68.4 Å². The van der Waals surface area contributed by atoms with Crippen LogP contribution in [0.25, 0.3) is 11.1 Å². The average molecular weight is 329 g/mol. The summed E-state index contributed by atoms with van der Waals surface area (Å²) in [6.45, 7) is 6.11. The minimum atomic E-state index is -0.446. The van der Waals surface area contributed by atoms with Gasteiger partial charge in [-0.2, -0.15) is 0 Å². The Labute approximate surface area is 149 Å². The number of benzene rings is 3. The highest BCUT2D eigenvalue weighted by molar-refractivity contribution is 6.01. The van der Waals surface area contributed by atoms with E-state index in [9.17, 15) is 4.79 Å². The van der Waals surface area contributed by atoms with Gasteiger partial charge < -0.3 is 5.32 Å². The molecule has 25 heavy (non-hydrogen) atoms. The van der Waals surface area contributed by atoms with Crippen molar-refractivity contribution in [3.05, 3.63) is 95.6 Å². The number of carbonyl (C=O) groups excluding carboxylic acids is 1. The molecule has 126 valence electrons. The van der Waals surface area contributed by atoms with Gasteiger partial charge in [0.15, 0.2) is 0 Å².